The highest BCUT2D eigenvalue weighted by Gasteiger charge is 2.16. The normalized spacial score (nSPS) is 11.5. The van der Waals surface area contributed by atoms with Gasteiger partial charge in [0, 0.05) is 18.9 Å². The summed E-state index contributed by atoms with van der Waals surface area (Å²) in [5.41, 5.74) is 0.428. The highest BCUT2D eigenvalue weighted by molar-refractivity contribution is 7.92. The average molecular weight is 309 g/mol. The van der Waals surface area contributed by atoms with Crippen molar-refractivity contribution in [2.45, 2.75) is 24.8 Å². The second kappa shape index (κ2) is 7.19. The summed E-state index contributed by atoms with van der Waals surface area (Å²) in [5, 5.41) is 7.29. The molecule has 0 aliphatic heterocycles. The Balaban J connectivity index is 1.99. The molecule has 2 aromatic heterocycles. The predicted octanol–water partition coefficient (Wildman–Crippen LogP) is 1.08. The van der Waals surface area contributed by atoms with E-state index >= 15 is 0 Å². The van der Waals surface area contributed by atoms with E-state index in [2.05, 4.69) is 20.1 Å². The molecule has 0 bridgehead atoms. The molecule has 7 nitrogen and oxygen atoms in total. The van der Waals surface area contributed by atoms with Gasteiger partial charge in [0.25, 0.3) is 10.0 Å². The Morgan fingerprint density at radius 3 is 2.90 bits per heavy atom. The molecule has 2 N–H and O–H groups in total. The van der Waals surface area contributed by atoms with Gasteiger partial charge in [0.15, 0.2) is 0 Å². The fourth-order valence-corrected chi connectivity index (χ4v) is 2.78. The van der Waals surface area contributed by atoms with Crippen molar-refractivity contribution in [3.05, 3.63) is 36.9 Å². The first kappa shape index (κ1) is 15.5. The van der Waals surface area contributed by atoms with Gasteiger partial charge >= 0.3 is 0 Å². The first-order valence-corrected chi connectivity index (χ1v) is 8.26. The largest absolute Gasteiger partial charge is 0.317 e. The van der Waals surface area contributed by atoms with Crippen molar-refractivity contribution in [3.8, 4) is 0 Å². The van der Waals surface area contributed by atoms with Gasteiger partial charge in [0.1, 0.15) is 4.90 Å². The Bertz CT molecular complexity index is 654. The molecule has 0 unspecified atom stereocenters. The third kappa shape index (κ3) is 4.54. The molecule has 0 spiro atoms. The van der Waals surface area contributed by atoms with E-state index in [-0.39, 0.29) is 4.90 Å². The summed E-state index contributed by atoms with van der Waals surface area (Å²) in [6.45, 7) is 4.53. The van der Waals surface area contributed by atoms with Crippen molar-refractivity contribution < 1.29 is 8.42 Å². The molecule has 0 aliphatic carbocycles. The SMILES string of the molecule is CCNCCCn1cc(S(=O)(=O)Nc2cccnc2)cn1. The van der Waals surface area contributed by atoms with E-state index in [1.54, 1.807) is 23.0 Å². The molecule has 0 fully saturated rings. The zero-order valence-corrected chi connectivity index (χ0v) is 12.7. The number of hydrogen-bond donors (Lipinski definition) is 2. The van der Waals surface area contributed by atoms with Gasteiger partial charge in [0.2, 0.25) is 0 Å². The summed E-state index contributed by atoms with van der Waals surface area (Å²) in [5.74, 6) is 0. The minimum atomic E-state index is -3.62. The van der Waals surface area contributed by atoms with Crippen molar-refractivity contribution in [3.63, 3.8) is 0 Å². The lowest BCUT2D eigenvalue weighted by atomic mass is 10.4. The van der Waals surface area contributed by atoms with Gasteiger partial charge < -0.3 is 5.32 Å². The maximum atomic E-state index is 12.2. The van der Waals surface area contributed by atoms with E-state index in [0.29, 0.717) is 12.2 Å². The van der Waals surface area contributed by atoms with Gasteiger partial charge in [-0.2, -0.15) is 5.10 Å². The standard InChI is InChI=1S/C13H19N5O2S/c1-2-14-7-4-8-18-11-13(10-16-18)21(19,20)17-12-5-3-6-15-9-12/h3,5-6,9-11,14,17H,2,4,7-8H2,1H3. The van der Waals surface area contributed by atoms with Crippen LogP contribution in [0.5, 0.6) is 0 Å². The van der Waals surface area contributed by atoms with Gasteiger partial charge in [-0.05, 0) is 31.6 Å². The lowest BCUT2D eigenvalue weighted by Gasteiger charge is -2.05. The van der Waals surface area contributed by atoms with E-state index in [4.69, 9.17) is 0 Å². The second-order valence-electron chi connectivity index (χ2n) is 4.49. The van der Waals surface area contributed by atoms with Crippen LogP contribution in [0.15, 0.2) is 41.8 Å². The second-order valence-corrected chi connectivity index (χ2v) is 6.18. The van der Waals surface area contributed by atoms with E-state index in [9.17, 15) is 8.42 Å². The molecule has 0 aromatic carbocycles. The fourth-order valence-electron chi connectivity index (χ4n) is 1.79. The van der Waals surface area contributed by atoms with Crippen molar-refractivity contribution in [2.75, 3.05) is 17.8 Å². The lowest BCUT2D eigenvalue weighted by Crippen LogP contribution is -2.16. The number of rotatable bonds is 8. The Hall–Kier alpha value is -1.93. The van der Waals surface area contributed by atoms with Crippen LogP contribution >= 0.6 is 0 Å². The van der Waals surface area contributed by atoms with Crippen molar-refractivity contribution >= 4 is 15.7 Å². The van der Waals surface area contributed by atoms with Crippen LogP contribution in [0.25, 0.3) is 0 Å². The van der Waals surface area contributed by atoms with Crippen LogP contribution in [0.4, 0.5) is 5.69 Å². The zero-order chi connectivity index (χ0) is 15.1. The van der Waals surface area contributed by atoms with Gasteiger partial charge in [-0.15, -0.1) is 0 Å². The molecule has 8 heteroatoms. The number of nitrogens with zero attached hydrogens (tertiary/aromatic N) is 3. The van der Waals surface area contributed by atoms with E-state index in [1.807, 2.05) is 6.92 Å². The summed E-state index contributed by atoms with van der Waals surface area (Å²) >= 11 is 0. The minimum absolute atomic E-state index is 0.148. The molecular formula is C13H19N5O2S. The van der Waals surface area contributed by atoms with Gasteiger partial charge in [-0.25, -0.2) is 8.42 Å². The molecule has 0 saturated carbocycles. The topological polar surface area (TPSA) is 88.9 Å². The Kier molecular flexibility index (Phi) is 5.29. The first-order chi connectivity index (χ1) is 10.1. The Morgan fingerprint density at radius 1 is 1.33 bits per heavy atom. The van der Waals surface area contributed by atoms with Crippen LogP contribution < -0.4 is 10.0 Å². The van der Waals surface area contributed by atoms with Crippen molar-refractivity contribution in [1.82, 2.24) is 20.1 Å². The summed E-state index contributed by atoms with van der Waals surface area (Å²) in [4.78, 5) is 4.02. The minimum Gasteiger partial charge on any atom is -0.317 e. The monoisotopic (exact) mass is 309 g/mol. The molecule has 2 aromatic rings. The van der Waals surface area contributed by atoms with E-state index in [0.717, 1.165) is 19.5 Å². The molecule has 114 valence electrons. The van der Waals surface area contributed by atoms with E-state index < -0.39 is 10.0 Å². The maximum absolute atomic E-state index is 12.2. The van der Waals surface area contributed by atoms with Crippen LogP contribution in [-0.4, -0.2) is 36.3 Å². The fraction of sp³-hybridized carbons (Fsp3) is 0.385. The number of sulfonamides is 1. The summed E-state index contributed by atoms with van der Waals surface area (Å²) < 4.78 is 28.5. The maximum Gasteiger partial charge on any atom is 0.265 e. The predicted molar refractivity (Wildman–Crippen MR) is 80.4 cm³/mol. The van der Waals surface area contributed by atoms with Crippen LogP contribution in [0, 0.1) is 0 Å². The Labute approximate surface area is 124 Å². The number of aryl methyl sites for hydroxylation is 1. The molecular weight excluding hydrogens is 290 g/mol. The number of aromatic nitrogens is 3. The molecule has 0 radical (unpaired) electrons. The average Bonchev–Trinajstić information content (AvgIpc) is 2.94. The molecule has 0 aliphatic rings. The lowest BCUT2D eigenvalue weighted by molar-refractivity contribution is 0.549. The quantitative estimate of drug-likeness (QED) is 0.712. The molecule has 0 saturated heterocycles. The number of pyridine rings is 1. The zero-order valence-electron chi connectivity index (χ0n) is 11.9. The molecule has 21 heavy (non-hydrogen) atoms. The third-order valence-electron chi connectivity index (χ3n) is 2.82. The van der Waals surface area contributed by atoms with Crippen LogP contribution in [-0.2, 0) is 16.6 Å². The van der Waals surface area contributed by atoms with Crippen molar-refractivity contribution in [1.29, 1.82) is 0 Å². The highest BCUT2D eigenvalue weighted by Crippen LogP contribution is 2.14. The van der Waals surface area contributed by atoms with Gasteiger partial charge in [-0.1, -0.05) is 6.92 Å². The molecule has 0 amide bonds. The number of nitrogens with one attached hydrogen (secondary N) is 2. The van der Waals surface area contributed by atoms with Crippen LogP contribution in [0.2, 0.25) is 0 Å². The Morgan fingerprint density at radius 2 is 2.19 bits per heavy atom. The summed E-state index contributed by atoms with van der Waals surface area (Å²) in [6.07, 6.45) is 6.82. The number of hydrogen-bond acceptors (Lipinski definition) is 5. The highest BCUT2D eigenvalue weighted by atomic mass is 32.2. The third-order valence-corrected chi connectivity index (χ3v) is 4.16. The molecule has 2 rings (SSSR count). The van der Waals surface area contributed by atoms with Crippen LogP contribution in [0.1, 0.15) is 13.3 Å². The smallest absolute Gasteiger partial charge is 0.265 e. The molecule has 0 atom stereocenters. The molecule has 2 heterocycles. The van der Waals surface area contributed by atoms with Gasteiger partial charge in [0.05, 0.1) is 18.1 Å². The van der Waals surface area contributed by atoms with Gasteiger partial charge in [-0.3, -0.25) is 14.4 Å². The number of anilines is 1. The first-order valence-electron chi connectivity index (χ1n) is 6.78. The summed E-state index contributed by atoms with van der Waals surface area (Å²) in [7, 11) is -3.62. The van der Waals surface area contributed by atoms with Crippen molar-refractivity contribution in [2.24, 2.45) is 0 Å². The summed E-state index contributed by atoms with van der Waals surface area (Å²) in [6, 6.07) is 3.31. The van der Waals surface area contributed by atoms with E-state index in [1.165, 1.54) is 18.6 Å². The van der Waals surface area contributed by atoms with Crippen LogP contribution in [0.3, 0.4) is 0 Å².